The van der Waals surface area contributed by atoms with Crippen LogP contribution >= 0.6 is 23.5 Å². The second-order valence-electron chi connectivity index (χ2n) is 16.2. The first-order valence-corrected chi connectivity index (χ1v) is 21.2. The molecular weight excluding hydrogens is 734 g/mol. The Balaban J connectivity index is 1.07. The minimum Gasteiger partial charge on any atom is -0.491 e. The number of nitrogens with one attached hydrogen (secondary N) is 1. The number of hydrogen-bond donors (Lipinski definition) is 1. The molecule has 8 rings (SSSR count). The van der Waals surface area contributed by atoms with E-state index in [1.165, 1.54) is 23.1 Å². The Labute approximate surface area is 334 Å². The zero-order valence-corrected chi connectivity index (χ0v) is 33.5. The van der Waals surface area contributed by atoms with Crippen molar-refractivity contribution in [3.8, 4) is 5.75 Å². The number of ether oxygens (including phenoxy) is 2. The van der Waals surface area contributed by atoms with Crippen LogP contribution in [0.2, 0.25) is 5.02 Å². The summed E-state index contributed by atoms with van der Waals surface area (Å²) in [5.41, 5.74) is 5.44. The van der Waals surface area contributed by atoms with Gasteiger partial charge in [-0.2, -0.15) is 0 Å². The summed E-state index contributed by atoms with van der Waals surface area (Å²) in [6, 6.07) is 20.8. The molecule has 2 saturated heterocycles. The van der Waals surface area contributed by atoms with Crippen molar-refractivity contribution in [1.29, 1.82) is 0 Å². The van der Waals surface area contributed by atoms with Crippen molar-refractivity contribution in [3.05, 3.63) is 87.9 Å². The predicted molar refractivity (Wildman–Crippen MR) is 216 cm³/mol. The van der Waals surface area contributed by atoms with Crippen LogP contribution in [-0.2, 0) is 33.7 Å². The molecule has 5 aliphatic rings. The standard InChI is InChI=1S/C43H52ClN5O5S/c1-3-5-30-18-34(44)10-14-38(30)33-23-48-21-31-8-9-32(31)22-49(43(52)54-36-12-11-35-24-46(2)42(51)26-47(35)25-36)20-29-7-4-6-28(16-29)17-41(50)45-55-37-13-15-40(53-27-33)39(48)19-37/h4,6-7,10,13-16,18-19,31-33,35-36H,3,5,8-9,11-12,17,20-27H2,1-2H3,(H,45,50). The van der Waals surface area contributed by atoms with Gasteiger partial charge in [0.2, 0.25) is 11.8 Å². The van der Waals surface area contributed by atoms with E-state index in [4.69, 9.17) is 21.1 Å². The van der Waals surface area contributed by atoms with Gasteiger partial charge in [0.05, 0.1) is 25.3 Å². The third-order valence-electron chi connectivity index (χ3n) is 12.3. The number of aryl methyl sites for hydroxylation is 1. The molecule has 4 bridgehead atoms. The van der Waals surface area contributed by atoms with Crippen LogP contribution in [0.5, 0.6) is 5.75 Å². The van der Waals surface area contributed by atoms with Crippen molar-refractivity contribution in [1.82, 2.24) is 19.4 Å². The van der Waals surface area contributed by atoms with Crippen LogP contribution in [0.1, 0.15) is 67.2 Å². The number of piperazine rings is 1. The van der Waals surface area contributed by atoms with Crippen LogP contribution in [0.4, 0.5) is 10.5 Å². The summed E-state index contributed by atoms with van der Waals surface area (Å²) >= 11 is 7.83. The fourth-order valence-electron chi connectivity index (χ4n) is 9.13. The van der Waals surface area contributed by atoms with Gasteiger partial charge >= 0.3 is 6.09 Å². The summed E-state index contributed by atoms with van der Waals surface area (Å²) in [5, 5.41) is 0.753. The number of benzene rings is 3. The normalized spacial score (nSPS) is 26.0. The Kier molecular flexibility index (Phi) is 11.5. The zero-order chi connectivity index (χ0) is 38.1. The lowest BCUT2D eigenvalue weighted by atomic mass is 9.73. The van der Waals surface area contributed by atoms with Gasteiger partial charge in [-0.25, -0.2) is 4.79 Å². The molecule has 3 fully saturated rings. The van der Waals surface area contributed by atoms with E-state index in [1.54, 1.807) is 0 Å². The lowest BCUT2D eigenvalue weighted by molar-refractivity contribution is -0.139. The first kappa shape index (κ1) is 38.0. The molecule has 0 aromatic heterocycles. The first-order chi connectivity index (χ1) is 26.7. The number of hydrogen-bond acceptors (Lipinski definition) is 8. The van der Waals surface area contributed by atoms with E-state index in [0.717, 1.165) is 90.6 Å². The molecule has 292 valence electrons. The maximum absolute atomic E-state index is 14.2. The van der Waals surface area contributed by atoms with Gasteiger partial charge in [-0.15, -0.1) is 0 Å². The molecule has 4 aliphatic heterocycles. The number of fused-ring (bicyclic) bond motifs is 5. The van der Waals surface area contributed by atoms with Crippen LogP contribution < -0.4 is 14.4 Å². The predicted octanol–water partition coefficient (Wildman–Crippen LogP) is 6.92. The number of rotatable bonds is 4. The number of carbonyl (C=O) groups is 3. The highest BCUT2D eigenvalue weighted by atomic mass is 35.5. The fraction of sp³-hybridized carbons (Fsp3) is 0.512. The van der Waals surface area contributed by atoms with E-state index in [2.05, 4.69) is 39.6 Å². The Bertz CT molecular complexity index is 1910. The minimum atomic E-state index is -0.309. The van der Waals surface area contributed by atoms with Crippen molar-refractivity contribution in [2.75, 3.05) is 57.8 Å². The molecular formula is C43H52ClN5O5S. The Hall–Kier alpha value is -3.93. The molecule has 1 aliphatic carbocycles. The summed E-state index contributed by atoms with van der Waals surface area (Å²) in [4.78, 5) is 49.3. The number of anilines is 1. The summed E-state index contributed by atoms with van der Waals surface area (Å²) < 4.78 is 15.9. The Morgan fingerprint density at radius 1 is 0.927 bits per heavy atom. The maximum atomic E-state index is 14.2. The van der Waals surface area contributed by atoms with Gasteiger partial charge in [-0.05, 0) is 108 Å². The van der Waals surface area contributed by atoms with E-state index < -0.39 is 0 Å². The van der Waals surface area contributed by atoms with Crippen molar-refractivity contribution in [3.63, 3.8) is 0 Å². The molecule has 1 saturated carbocycles. The van der Waals surface area contributed by atoms with Crippen LogP contribution in [0.3, 0.4) is 0 Å². The van der Waals surface area contributed by atoms with E-state index in [9.17, 15) is 14.4 Å². The van der Waals surface area contributed by atoms with Crippen molar-refractivity contribution in [2.24, 2.45) is 11.8 Å². The fourth-order valence-corrected chi connectivity index (χ4v) is 9.94. The number of piperidine rings is 1. The molecule has 0 radical (unpaired) electrons. The summed E-state index contributed by atoms with van der Waals surface area (Å²) in [6.07, 6.45) is 5.42. The number of amides is 3. The highest BCUT2D eigenvalue weighted by molar-refractivity contribution is 7.98. The second kappa shape index (κ2) is 16.7. The monoisotopic (exact) mass is 785 g/mol. The Morgan fingerprint density at radius 2 is 1.76 bits per heavy atom. The highest BCUT2D eigenvalue weighted by Crippen LogP contribution is 2.42. The summed E-state index contributed by atoms with van der Waals surface area (Å²) in [5.74, 6) is 1.67. The average molecular weight is 786 g/mol. The van der Waals surface area contributed by atoms with Gasteiger partial charge in [0, 0.05) is 68.2 Å². The molecule has 3 aromatic carbocycles. The molecule has 55 heavy (non-hydrogen) atoms. The SMILES string of the molecule is CCCc1cc(Cl)ccc1C1COc2ccc3cc2N(C1)CC1CCC1CN(C(=O)OC1CCC2CN(C)C(=O)CN2C1)Cc1cccc(c1)CC(=O)NS3. The lowest BCUT2D eigenvalue weighted by Crippen LogP contribution is -2.59. The van der Waals surface area contributed by atoms with Crippen molar-refractivity contribution in [2.45, 2.75) is 81.4 Å². The van der Waals surface area contributed by atoms with Crippen LogP contribution in [0, 0.1) is 11.8 Å². The molecule has 5 unspecified atom stereocenters. The average Bonchev–Trinajstić information content (AvgIpc) is 3.33. The van der Waals surface area contributed by atoms with E-state index in [0.29, 0.717) is 50.7 Å². The number of halogens is 1. The molecule has 3 aromatic rings. The van der Waals surface area contributed by atoms with Gasteiger partial charge in [0.15, 0.2) is 0 Å². The summed E-state index contributed by atoms with van der Waals surface area (Å²) in [6.45, 7) is 7.01. The third-order valence-corrected chi connectivity index (χ3v) is 13.3. The van der Waals surface area contributed by atoms with Gasteiger partial charge in [-0.3, -0.25) is 19.2 Å². The largest absolute Gasteiger partial charge is 0.491 e. The lowest BCUT2D eigenvalue weighted by Gasteiger charge is -2.45. The molecule has 4 heterocycles. The number of likely N-dealkylation sites (N-methyl/N-ethyl adjacent to an activating group) is 1. The van der Waals surface area contributed by atoms with E-state index in [1.807, 2.05) is 59.3 Å². The second-order valence-corrected chi connectivity index (χ2v) is 17.5. The highest BCUT2D eigenvalue weighted by Gasteiger charge is 2.40. The molecule has 0 spiro atoms. The number of nitrogens with zero attached hydrogens (tertiary/aromatic N) is 4. The van der Waals surface area contributed by atoms with Crippen LogP contribution in [0.25, 0.3) is 0 Å². The zero-order valence-electron chi connectivity index (χ0n) is 31.9. The maximum Gasteiger partial charge on any atom is 0.410 e. The molecule has 5 atom stereocenters. The summed E-state index contributed by atoms with van der Waals surface area (Å²) in [7, 11) is 1.86. The van der Waals surface area contributed by atoms with Crippen LogP contribution in [0.15, 0.2) is 65.6 Å². The van der Waals surface area contributed by atoms with Gasteiger partial charge in [0.1, 0.15) is 11.9 Å². The van der Waals surface area contributed by atoms with E-state index in [-0.39, 0.29) is 36.4 Å². The third kappa shape index (κ3) is 8.74. The smallest absolute Gasteiger partial charge is 0.410 e. The van der Waals surface area contributed by atoms with Gasteiger partial charge in [-0.1, -0.05) is 55.3 Å². The quantitative estimate of drug-likeness (QED) is 0.285. The van der Waals surface area contributed by atoms with Crippen molar-refractivity contribution >= 4 is 47.1 Å². The Morgan fingerprint density at radius 3 is 2.60 bits per heavy atom. The molecule has 1 N–H and O–H groups in total. The molecule has 10 nitrogen and oxygen atoms in total. The van der Waals surface area contributed by atoms with E-state index >= 15 is 0 Å². The minimum absolute atomic E-state index is 0.0897. The number of carbonyl (C=O) groups excluding carboxylic acids is 3. The molecule has 3 amide bonds. The van der Waals surface area contributed by atoms with Crippen LogP contribution in [-0.4, -0.2) is 97.7 Å². The molecule has 12 heteroatoms. The van der Waals surface area contributed by atoms with Gasteiger partial charge < -0.3 is 24.2 Å². The van der Waals surface area contributed by atoms with Gasteiger partial charge in [0.25, 0.3) is 0 Å². The first-order valence-electron chi connectivity index (χ1n) is 20.0. The van der Waals surface area contributed by atoms with Crippen molar-refractivity contribution < 1.29 is 23.9 Å². The topological polar surface area (TPSA) is 94.7 Å².